The molecule has 27 heavy (non-hydrogen) atoms. The highest BCUT2D eigenvalue weighted by Crippen LogP contribution is 2.28. The summed E-state index contributed by atoms with van der Waals surface area (Å²) in [6.07, 6.45) is 1.76. The molecule has 0 radical (unpaired) electrons. The Morgan fingerprint density at radius 3 is 2.44 bits per heavy atom. The fraction of sp³-hybridized carbons (Fsp3) is 0.211. The van der Waals surface area contributed by atoms with E-state index in [1.165, 1.54) is 39.9 Å². The Bertz CT molecular complexity index is 1100. The minimum Gasteiger partial charge on any atom is -0.321 e. The van der Waals surface area contributed by atoms with E-state index in [0.29, 0.717) is 33.7 Å². The third kappa shape index (κ3) is 3.47. The van der Waals surface area contributed by atoms with E-state index in [1.807, 2.05) is 0 Å². The first kappa shape index (κ1) is 18.1. The number of nitrogens with one attached hydrogen (secondary N) is 1. The lowest BCUT2D eigenvalue weighted by Crippen LogP contribution is -2.27. The monoisotopic (exact) mass is 404 g/mol. The Labute approximate surface area is 160 Å². The van der Waals surface area contributed by atoms with Gasteiger partial charge in [0.2, 0.25) is 10.0 Å². The highest BCUT2D eigenvalue weighted by atomic mass is 32.2. The molecule has 5 nitrogen and oxygen atoms in total. The summed E-state index contributed by atoms with van der Waals surface area (Å²) in [6, 6.07) is 12.4. The van der Waals surface area contributed by atoms with Crippen molar-refractivity contribution in [1.82, 2.24) is 4.31 Å². The van der Waals surface area contributed by atoms with Gasteiger partial charge in [0.1, 0.15) is 5.82 Å². The Hall–Kier alpha value is -2.29. The topological polar surface area (TPSA) is 66.5 Å². The van der Waals surface area contributed by atoms with Crippen LogP contribution in [0.3, 0.4) is 0 Å². The maximum Gasteiger partial charge on any atom is 0.265 e. The number of carbonyl (C=O) groups is 1. The molecule has 0 aliphatic carbocycles. The number of benzene rings is 2. The van der Waals surface area contributed by atoms with Gasteiger partial charge in [0.15, 0.2) is 0 Å². The number of carbonyl (C=O) groups excluding carboxylic acids is 1. The molecule has 4 rings (SSSR count). The van der Waals surface area contributed by atoms with Crippen molar-refractivity contribution in [3.8, 4) is 0 Å². The highest BCUT2D eigenvalue weighted by Gasteiger charge is 2.27. The van der Waals surface area contributed by atoms with E-state index in [2.05, 4.69) is 5.32 Å². The zero-order valence-electron chi connectivity index (χ0n) is 14.3. The fourth-order valence-corrected chi connectivity index (χ4v) is 5.61. The van der Waals surface area contributed by atoms with Crippen LogP contribution in [0.1, 0.15) is 22.5 Å². The van der Waals surface area contributed by atoms with Crippen LogP contribution in [0.4, 0.5) is 10.1 Å². The number of rotatable bonds is 4. The van der Waals surface area contributed by atoms with Gasteiger partial charge in [-0.05, 0) is 55.3 Å². The number of anilines is 1. The molecule has 1 saturated heterocycles. The van der Waals surface area contributed by atoms with Gasteiger partial charge >= 0.3 is 0 Å². The third-order valence-electron chi connectivity index (χ3n) is 4.55. The van der Waals surface area contributed by atoms with E-state index < -0.39 is 10.0 Å². The molecule has 1 aliphatic heterocycles. The van der Waals surface area contributed by atoms with Gasteiger partial charge in [0, 0.05) is 28.9 Å². The Morgan fingerprint density at radius 2 is 1.78 bits per heavy atom. The van der Waals surface area contributed by atoms with Gasteiger partial charge < -0.3 is 5.32 Å². The van der Waals surface area contributed by atoms with Crippen LogP contribution in [0.15, 0.2) is 53.4 Å². The molecule has 8 heteroatoms. The quantitative estimate of drug-likeness (QED) is 0.713. The standard InChI is InChI=1S/C19H17FN2O3S2/c20-16-4-3-5-17-15(16)12-18(26-17)19(23)21-13-6-8-14(9-7-13)27(24,25)22-10-1-2-11-22/h3-9,12H,1-2,10-11H2,(H,21,23). The van der Waals surface area contributed by atoms with Crippen LogP contribution in [0.2, 0.25) is 0 Å². The van der Waals surface area contributed by atoms with Crippen LogP contribution in [0, 0.1) is 5.82 Å². The van der Waals surface area contributed by atoms with Gasteiger partial charge in [0.05, 0.1) is 9.77 Å². The van der Waals surface area contributed by atoms with Gasteiger partial charge in [0.25, 0.3) is 5.91 Å². The lowest BCUT2D eigenvalue weighted by atomic mass is 10.2. The molecule has 1 N–H and O–H groups in total. The van der Waals surface area contributed by atoms with Crippen molar-refractivity contribution in [2.24, 2.45) is 0 Å². The third-order valence-corrected chi connectivity index (χ3v) is 7.56. The van der Waals surface area contributed by atoms with Gasteiger partial charge in [-0.3, -0.25) is 4.79 Å². The van der Waals surface area contributed by atoms with Crippen LogP contribution < -0.4 is 5.32 Å². The lowest BCUT2D eigenvalue weighted by Gasteiger charge is -2.15. The molecule has 2 aromatic carbocycles. The molecule has 1 fully saturated rings. The summed E-state index contributed by atoms with van der Waals surface area (Å²) < 4.78 is 41.0. The van der Waals surface area contributed by atoms with E-state index in [1.54, 1.807) is 24.3 Å². The first-order chi connectivity index (χ1) is 12.9. The Morgan fingerprint density at radius 1 is 1.07 bits per heavy atom. The van der Waals surface area contributed by atoms with Crippen molar-refractivity contribution >= 4 is 43.0 Å². The van der Waals surface area contributed by atoms with Crippen molar-refractivity contribution in [1.29, 1.82) is 0 Å². The van der Waals surface area contributed by atoms with Crippen molar-refractivity contribution in [3.63, 3.8) is 0 Å². The van der Waals surface area contributed by atoms with Crippen molar-refractivity contribution in [2.75, 3.05) is 18.4 Å². The van der Waals surface area contributed by atoms with Gasteiger partial charge in [-0.1, -0.05) is 6.07 Å². The van der Waals surface area contributed by atoms with Gasteiger partial charge in [-0.2, -0.15) is 4.31 Å². The summed E-state index contributed by atoms with van der Waals surface area (Å²) in [7, 11) is -3.48. The molecule has 0 spiro atoms. The number of fused-ring (bicyclic) bond motifs is 1. The summed E-state index contributed by atoms with van der Waals surface area (Å²) >= 11 is 1.21. The lowest BCUT2D eigenvalue weighted by molar-refractivity contribution is 0.103. The normalized spacial score (nSPS) is 15.3. The average Bonchev–Trinajstić information content (AvgIpc) is 3.33. The average molecular weight is 404 g/mol. The second kappa shape index (κ2) is 7.03. The molecule has 2 heterocycles. The summed E-state index contributed by atoms with van der Waals surface area (Å²) in [5.41, 5.74) is 0.485. The highest BCUT2D eigenvalue weighted by molar-refractivity contribution is 7.89. The molecule has 1 aliphatic rings. The molecular weight excluding hydrogens is 387 g/mol. The number of nitrogens with zero attached hydrogens (tertiary/aromatic N) is 1. The minimum atomic E-state index is -3.48. The van der Waals surface area contributed by atoms with Gasteiger partial charge in [-0.15, -0.1) is 11.3 Å². The molecule has 1 amide bonds. The molecular formula is C19H17FN2O3S2. The van der Waals surface area contributed by atoms with Crippen molar-refractivity contribution in [2.45, 2.75) is 17.7 Å². The molecule has 3 aromatic rings. The molecule has 0 atom stereocenters. The van der Waals surface area contributed by atoms with Crippen LogP contribution >= 0.6 is 11.3 Å². The summed E-state index contributed by atoms with van der Waals surface area (Å²) in [5.74, 6) is -0.718. The number of thiophene rings is 1. The summed E-state index contributed by atoms with van der Waals surface area (Å²) in [6.45, 7) is 1.09. The van der Waals surface area contributed by atoms with E-state index in [4.69, 9.17) is 0 Å². The van der Waals surface area contributed by atoms with Crippen molar-refractivity contribution in [3.05, 3.63) is 59.2 Å². The van der Waals surface area contributed by atoms with E-state index in [-0.39, 0.29) is 16.6 Å². The molecule has 1 aromatic heterocycles. The second-order valence-electron chi connectivity index (χ2n) is 6.35. The van der Waals surface area contributed by atoms with Crippen LogP contribution in [-0.4, -0.2) is 31.7 Å². The van der Waals surface area contributed by atoms with Gasteiger partial charge in [-0.25, -0.2) is 12.8 Å². The largest absolute Gasteiger partial charge is 0.321 e. The predicted octanol–water partition coefficient (Wildman–Crippen LogP) is 4.08. The predicted molar refractivity (Wildman–Crippen MR) is 104 cm³/mol. The molecule has 0 unspecified atom stereocenters. The number of sulfonamides is 1. The number of hydrogen-bond donors (Lipinski definition) is 1. The molecule has 0 bridgehead atoms. The van der Waals surface area contributed by atoms with Crippen LogP contribution in [0.25, 0.3) is 10.1 Å². The number of amides is 1. The SMILES string of the molecule is O=C(Nc1ccc(S(=O)(=O)N2CCCC2)cc1)c1cc2c(F)cccc2s1. The number of halogens is 1. The second-order valence-corrected chi connectivity index (χ2v) is 9.37. The molecule has 0 saturated carbocycles. The maximum atomic E-state index is 13.8. The van der Waals surface area contributed by atoms with Crippen molar-refractivity contribution < 1.29 is 17.6 Å². The van der Waals surface area contributed by atoms with E-state index in [9.17, 15) is 17.6 Å². The Balaban J connectivity index is 1.52. The van der Waals surface area contributed by atoms with Crippen LogP contribution in [0.5, 0.6) is 0 Å². The first-order valence-corrected chi connectivity index (χ1v) is 10.8. The van der Waals surface area contributed by atoms with Crippen LogP contribution in [-0.2, 0) is 10.0 Å². The van der Waals surface area contributed by atoms with E-state index in [0.717, 1.165) is 12.8 Å². The fourth-order valence-electron chi connectivity index (χ4n) is 3.12. The maximum absolute atomic E-state index is 13.8. The summed E-state index contributed by atoms with van der Waals surface area (Å²) in [5, 5.41) is 3.14. The molecule has 140 valence electrons. The number of hydrogen-bond acceptors (Lipinski definition) is 4. The summed E-state index contributed by atoms with van der Waals surface area (Å²) in [4.78, 5) is 13.0. The van der Waals surface area contributed by atoms with E-state index >= 15 is 0 Å². The first-order valence-electron chi connectivity index (χ1n) is 8.55. The zero-order valence-corrected chi connectivity index (χ0v) is 15.9. The smallest absolute Gasteiger partial charge is 0.265 e. The Kier molecular flexibility index (Phi) is 4.71. The minimum absolute atomic E-state index is 0.214. The zero-order chi connectivity index (χ0) is 19.0.